The molecule has 0 aliphatic carbocycles. The van der Waals surface area contributed by atoms with E-state index in [9.17, 15) is 13.2 Å². The lowest BCUT2D eigenvalue weighted by Gasteiger charge is -2.26. The van der Waals surface area contributed by atoms with Gasteiger partial charge in [0.25, 0.3) is 0 Å². The minimum atomic E-state index is -4.12. The smallest absolute Gasteiger partial charge is 0.319 e. The van der Waals surface area contributed by atoms with Crippen LogP contribution in [0.2, 0.25) is 0 Å². The molecule has 1 aromatic heterocycles. The van der Waals surface area contributed by atoms with Crippen LogP contribution in [0.25, 0.3) is 0 Å². The molecule has 0 radical (unpaired) electrons. The molecule has 1 atom stereocenters. The van der Waals surface area contributed by atoms with Crippen LogP contribution in [0.5, 0.6) is 0 Å². The van der Waals surface area contributed by atoms with Crippen LogP contribution < -0.4 is 5.32 Å². The Bertz CT molecular complexity index is 385. The first-order valence-electron chi connectivity index (χ1n) is 5.64. The maximum Gasteiger partial charge on any atom is 0.393 e. The highest BCUT2D eigenvalue weighted by molar-refractivity contribution is 5.01. The molecule has 0 bridgehead atoms. The summed E-state index contributed by atoms with van der Waals surface area (Å²) in [5.41, 5.74) is 0. The summed E-state index contributed by atoms with van der Waals surface area (Å²) in [7, 11) is 1.80. The van der Waals surface area contributed by atoms with Gasteiger partial charge in [-0.15, -0.1) is 10.2 Å². The third kappa shape index (κ3) is 2.59. The van der Waals surface area contributed by atoms with Crippen LogP contribution >= 0.6 is 0 Å². The van der Waals surface area contributed by atoms with E-state index in [1.807, 2.05) is 0 Å². The Balaban J connectivity index is 2.14. The first-order chi connectivity index (χ1) is 8.02. The Morgan fingerprint density at radius 2 is 2.18 bits per heavy atom. The Labute approximate surface area is 97.2 Å². The van der Waals surface area contributed by atoms with Gasteiger partial charge in [0.15, 0.2) is 0 Å². The minimum absolute atomic E-state index is 0.0368. The molecule has 4 nitrogen and oxygen atoms in total. The summed E-state index contributed by atoms with van der Waals surface area (Å²) in [6.07, 6.45) is -3.04. The standard InChI is InChI=1S/C10H15F3N4/c1-14-5-4-9-16-15-8-3-2-7(6-17(8)9)10(11,12)13/h7,14H,2-6H2,1H3. The summed E-state index contributed by atoms with van der Waals surface area (Å²) in [6, 6.07) is 0. The number of aromatic nitrogens is 3. The van der Waals surface area contributed by atoms with Gasteiger partial charge in [-0.1, -0.05) is 0 Å². The van der Waals surface area contributed by atoms with Crippen LogP contribution in [-0.2, 0) is 19.4 Å². The fraction of sp³-hybridized carbons (Fsp3) is 0.800. The summed E-state index contributed by atoms with van der Waals surface area (Å²) in [5.74, 6) is 0.0549. The molecule has 0 amide bonds. The number of hydrogen-bond donors (Lipinski definition) is 1. The van der Waals surface area contributed by atoms with Gasteiger partial charge in [0, 0.05) is 25.9 Å². The van der Waals surface area contributed by atoms with E-state index in [0.717, 1.165) is 0 Å². The SMILES string of the molecule is CNCCc1nnc2n1CC(C(F)(F)F)CC2. The van der Waals surface area contributed by atoms with Crippen molar-refractivity contribution >= 4 is 0 Å². The van der Waals surface area contributed by atoms with E-state index in [0.29, 0.717) is 31.0 Å². The normalized spacial score (nSPS) is 20.4. The molecule has 1 aromatic rings. The van der Waals surface area contributed by atoms with Gasteiger partial charge >= 0.3 is 6.18 Å². The van der Waals surface area contributed by atoms with E-state index in [1.54, 1.807) is 11.6 Å². The van der Waals surface area contributed by atoms with Crippen molar-refractivity contribution in [1.82, 2.24) is 20.1 Å². The summed E-state index contributed by atoms with van der Waals surface area (Å²) in [4.78, 5) is 0. The van der Waals surface area contributed by atoms with Crippen LogP contribution in [0.15, 0.2) is 0 Å². The topological polar surface area (TPSA) is 42.7 Å². The monoisotopic (exact) mass is 248 g/mol. The number of rotatable bonds is 3. The Morgan fingerprint density at radius 3 is 2.82 bits per heavy atom. The van der Waals surface area contributed by atoms with Crippen molar-refractivity contribution in [3.05, 3.63) is 11.6 Å². The molecule has 0 saturated carbocycles. The molecule has 0 aromatic carbocycles. The van der Waals surface area contributed by atoms with Gasteiger partial charge in [-0.05, 0) is 13.5 Å². The second-order valence-corrected chi connectivity index (χ2v) is 4.27. The number of aryl methyl sites for hydroxylation is 1. The van der Waals surface area contributed by atoms with Crippen molar-refractivity contribution in [1.29, 1.82) is 0 Å². The number of fused-ring (bicyclic) bond motifs is 1. The van der Waals surface area contributed by atoms with Gasteiger partial charge in [0.1, 0.15) is 11.6 Å². The van der Waals surface area contributed by atoms with Crippen molar-refractivity contribution in [2.24, 2.45) is 5.92 Å². The van der Waals surface area contributed by atoms with Gasteiger partial charge in [0.05, 0.1) is 5.92 Å². The number of hydrogen-bond acceptors (Lipinski definition) is 3. The fourth-order valence-electron chi connectivity index (χ4n) is 2.07. The van der Waals surface area contributed by atoms with Crippen molar-refractivity contribution < 1.29 is 13.2 Å². The zero-order valence-electron chi connectivity index (χ0n) is 9.59. The van der Waals surface area contributed by atoms with Gasteiger partial charge in [0.2, 0.25) is 0 Å². The fourth-order valence-corrected chi connectivity index (χ4v) is 2.07. The predicted molar refractivity (Wildman–Crippen MR) is 55.5 cm³/mol. The molecule has 96 valence electrons. The molecule has 1 unspecified atom stereocenters. The van der Waals surface area contributed by atoms with Crippen LogP contribution in [0.4, 0.5) is 13.2 Å². The number of nitrogens with one attached hydrogen (secondary N) is 1. The van der Waals surface area contributed by atoms with Crippen molar-refractivity contribution in [2.75, 3.05) is 13.6 Å². The van der Waals surface area contributed by atoms with E-state index >= 15 is 0 Å². The van der Waals surface area contributed by atoms with Crippen LogP contribution in [-0.4, -0.2) is 34.5 Å². The number of halogens is 3. The van der Waals surface area contributed by atoms with Crippen LogP contribution in [0.3, 0.4) is 0 Å². The second-order valence-electron chi connectivity index (χ2n) is 4.27. The quantitative estimate of drug-likeness (QED) is 0.873. The Kier molecular flexibility index (Phi) is 3.37. The highest BCUT2D eigenvalue weighted by Crippen LogP contribution is 2.34. The molecule has 0 fully saturated rings. The van der Waals surface area contributed by atoms with Gasteiger partial charge in [-0.3, -0.25) is 0 Å². The lowest BCUT2D eigenvalue weighted by atomic mass is 9.99. The third-order valence-corrected chi connectivity index (χ3v) is 3.08. The largest absolute Gasteiger partial charge is 0.393 e. The Hall–Kier alpha value is -1.11. The highest BCUT2D eigenvalue weighted by Gasteiger charge is 2.42. The van der Waals surface area contributed by atoms with E-state index in [2.05, 4.69) is 15.5 Å². The first-order valence-corrected chi connectivity index (χ1v) is 5.64. The molecule has 2 heterocycles. The Morgan fingerprint density at radius 1 is 1.41 bits per heavy atom. The van der Waals surface area contributed by atoms with E-state index in [4.69, 9.17) is 0 Å². The zero-order valence-corrected chi connectivity index (χ0v) is 9.59. The third-order valence-electron chi connectivity index (χ3n) is 3.08. The molecule has 1 aliphatic heterocycles. The maximum absolute atomic E-state index is 12.7. The lowest BCUT2D eigenvalue weighted by Crippen LogP contribution is -2.33. The number of nitrogens with zero attached hydrogens (tertiary/aromatic N) is 3. The molecular formula is C10H15F3N4. The average molecular weight is 248 g/mol. The summed E-state index contributed by atoms with van der Waals surface area (Å²) >= 11 is 0. The highest BCUT2D eigenvalue weighted by atomic mass is 19.4. The van der Waals surface area contributed by atoms with Gasteiger partial charge < -0.3 is 9.88 Å². The zero-order chi connectivity index (χ0) is 12.5. The first kappa shape index (κ1) is 12.3. The van der Waals surface area contributed by atoms with Crippen molar-refractivity contribution in [3.8, 4) is 0 Å². The number of likely N-dealkylation sites (N-methyl/N-ethyl adjacent to an activating group) is 1. The van der Waals surface area contributed by atoms with E-state index < -0.39 is 12.1 Å². The second kappa shape index (κ2) is 4.64. The molecule has 1 N–H and O–H groups in total. The average Bonchev–Trinajstić information content (AvgIpc) is 2.67. The van der Waals surface area contributed by atoms with E-state index in [-0.39, 0.29) is 13.0 Å². The molecule has 7 heteroatoms. The molecular weight excluding hydrogens is 233 g/mol. The lowest BCUT2D eigenvalue weighted by molar-refractivity contribution is -0.182. The molecule has 17 heavy (non-hydrogen) atoms. The van der Waals surface area contributed by atoms with Crippen LogP contribution in [0.1, 0.15) is 18.1 Å². The maximum atomic E-state index is 12.7. The molecule has 2 rings (SSSR count). The van der Waals surface area contributed by atoms with Crippen LogP contribution in [0, 0.1) is 5.92 Å². The molecule has 1 aliphatic rings. The summed E-state index contributed by atoms with van der Waals surface area (Å²) in [5, 5.41) is 10.9. The van der Waals surface area contributed by atoms with Crippen molar-refractivity contribution in [3.63, 3.8) is 0 Å². The van der Waals surface area contributed by atoms with Gasteiger partial charge in [-0.2, -0.15) is 13.2 Å². The minimum Gasteiger partial charge on any atom is -0.319 e. The van der Waals surface area contributed by atoms with E-state index in [1.165, 1.54) is 0 Å². The predicted octanol–water partition coefficient (Wildman–Crippen LogP) is 1.16. The summed E-state index contributed by atoms with van der Waals surface area (Å²) in [6.45, 7) is 0.652. The summed E-state index contributed by atoms with van der Waals surface area (Å²) < 4.78 is 39.6. The van der Waals surface area contributed by atoms with Gasteiger partial charge in [-0.25, -0.2) is 0 Å². The van der Waals surface area contributed by atoms with Crippen molar-refractivity contribution in [2.45, 2.75) is 32.0 Å². The molecule has 0 saturated heterocycles. The number of alkyl halides is 3. The molecule has 0 spiro atoms.